The van der Waals surface area contributed by atoms with Gasteiger partial charge in [-0.2, -0.15) is 0 Å². The van der Waals surface area contributed by atoms with Crippen LogP contribution in [0.4, 0.5) is 5.69 Å². The molecule has 0 spiro atoms. The fourth-order valence-corrected chi connectivity index (χ4v) is 4.70. The van der Waals surface area contributed by atoms with Crippen LogP contribution < -0.4 is 10.3 Å². The fraction of sp³-hybridized carbons (Fsp3) is 0.417. The molecule has 2 aromatic carbocycles. The number of methoxy groups -OCH3 is 1. The van der Waals surface area contributed by atoms with E-state index >= 15 is 0 Å². The van der Waals surface area contributed by atoms with Gasteiger partial charge in [0.2, 0.25) is 0 Å². The van der Waals surface area contributed by atoms with Crippen molar-refractivity contribution in [3.05, 3.63) is 61.7 Å². The van der Waals surface area contributed by atoms with Crippen LogP contribution in [0.3, 0.4) is 0 Å². The molecule has 0 N–H and O–H groups in total. The molecule has 0 amide bonds. The van der Waals surface area contributed by atoms with Gasteiger partial charge in [0, 0.05) is 31.9 Å². The van der Waals surface area contributed by atoms with Gasteiger partial charge >= 0.3 is 0 Å². The van der Waals surface area contributed by atoms with Crippen molar-refractivity contribution < 1.29 is 14.4 Å². The van der Waals surface area contributed by atoms with Crippen molar-refractivity contribution in [3.8, 4) is 16.9 Å². The monoisotopic (exact) mass is 469 g/mol. The van der Waals surface area contributed by atoms with Gasteiger partial charge in [-0.25, -0.2) is 4.98 Å². The number of hydrogen-bond acceptors (Lipinski definition) is 6. The molecule has 3 rings (SSSR count). The van der Waals surface area contributed by atoms with Crippen molar-refractivity contribution in [1.82, 2.24) is 9.55 Å². The Balaban J connectivity index is 2.22. The smallest absolute Gasteiger partial charge is 0.273 e. The SMILES string of the molecule is COc1ccc(C)c(-c2c(C)c([N+](=O)[O-])cc3c(=O)n(COCC[Si](C)(C)C)cnc23)c1C. The summed E-state index contributed by atoms with van der Waals surface area (Å²) in [5.41, 5.74) is 3.53. The Morgan fingerprint density at radius 1 is 1.12 bits per heavy atom. The summed E-state index contributed by atoms with van der Waals surface area (Å²) in [7, 11) is 0.326. The van der Waals surface area contributed by atoms with Crippen LogP contribution in [0.5, 0.6) is 5.75 Å². The summed E-state index contributed by atoms with van der Waals surface area (Å²) in [6.45, 7) is 12.9. The molecule has 0 fully saturated rings. The summed E-state index contributed by atoms with van der Waals surface area (Å²) in [6.07, 6.45) is 1.46. The van der Waals surface area contributed by atoms with Crippen molar-refractivity contribution >= 4 is 24.7 Å². The third-order valence-corrected chi connectivity index (χ3v) is 7.57. The largest absolute Gasteiger partial charge is 0.496 e. The Hall–Kier alpha value is -3.04. The summed E-state index contributed by atoms with van der Waals surface area (Å²) < 4.78 is 12.6. The Kier molecular flexibility index (Phi) is 7.04. The minimum Gasteiger partial charge on any atom is -0.496 e. The predicted molar refractivity (Wildman–Crippen MR) is 133 cm³/mol. The highest BCUT2D eigenvalue weighted by Crippen LogP contribution is 2.41. The summed E-state index contributed by atoms with van der Waals surface area (Å²) >= 11 is 0. The molecular formula is C24H31N3O5Si. The molecule has 1 aromatic heterocycles. The van der Waals surface area contributed by atoms with Crippen molar-refractivity contribution in [2.75, 3.05) is 13.7 Å². The lowest BCUT2D eigenvalue weighted by Crippen LogP contribution is -2.25. The molecule has 0 saturated carbocycles. The average molecular weight is 470 g/mol. The third kappa shape index (κ3) is 4.99. The van der Waals surface area contributed by atoms with Crippen LogP contribution in [0.15, 0.2) is 29.3 Å². The van der Waals surface area contributed by atoms with Crippen LogP contribution in [0, 0.1) is 30.9 Å². The van der Waals surface area contributed by atoms with Gasteiger partial charge in [0.15, 0.2) is 0 Å². The van der Waals surface area contributed by atoms with Crippen molar-refractivity contribution in [2.45, 2.75) is 53.2 Å². The van der Waals surface area contributed by atoms with Gasteiger partial charge in [-0.15, -0.1) is 0 Å². The first-order chi connectivity index (χ1) is 15.5. The van der Waals surface area contributed by atoms with Crippen LogP contribution in [0.25, 0.3) is 22.0 Å². The van der Waals surface area contributed by atoms with Crippen LogP contribution in [0.1, 0.15) is 16.7 Å². The summed E-state index contributed by atoms with van der Waals surface area (Å²) in [5, 5.41) is 12.1. The lowest BCUT2D eigenvalue weighted by molar-refractivity contribution is -0.385. The number of aryl methyl sites for hydroxylation is 1. The van der Waals surface area contributed by atoms with Crippen molar-refractivity contribution in [3.63, 3.8) is 0 Å². The first-order valence-corrected chi connectivity index (χ1v) is 14.6. The number of nitro groups is 1. The van der Waals surface area contributed by atoms with Crippen LogP contribution in [-0.2, 0) is 11.5 Å². The van der Waals surface area contributed by atoms with E-state index in [2.05, 4.69) is 24.6 Å². The molecule has 0 bridgehead atoms. The minimum absolute atomic E-state index is 0.0560. The van der Waals surface area contributed by atoms with Gasteiger partial charge in [0.1, 0.15) is 18.8 Å². The van der Waals surface area contributed by atoms with E-state index in [1.807, 2.05) is 26.0 Å². The summed E-state index contributed by atoms with van der Waals surface area (Å²) in [6, 6.07) is 6.07. The van der Waals surface area contributed by atoms with Gasteiger partial charge in [-0.3, -0.25) is 19.5 Å². The molecule has 0 aliphatic carbocycles. The second kappa shape index (κ2) is 9.44. The summed E-state index contributed by atoms with van der Waals surface area (Å²) in [5.74, 6) is 0.666. The second-order valence-corrected chi connectivity index (χ2v) is 15.1. The fourth-order valence-electron chi connectivity index (χ4n) is 3.95. The normalized spacial score (nSPS) is 11.7. The van der Waals surface area contributed by atoms with Gasteiger partial charge in [-0.05, 0) is 49.6 Å². The Morgan fingerprint density at radius 2 is 1.82 bits per heavy atom. The van der Waals surface area contributed by atoms with E-state index in [0.717, 1.165) is 22.7 Å². The molecule has 1 heterocycles. The number of rotatable bonds is 8. The maximum absolute atomic E-state index is 13.3. The Labute approximate surface area is 194 Å². The molecule has 9 heteroatoms. The highest BCUT2D eigenvalue weighted by molar-refractivity contribution is 6.76. The van der Waals surface area contributed by atoms with Gasteiger partial charge in [0.05, 0.1) is 22.9 Å². The van der Waals surface area contributed by atoms with Crippen LogP contribution >= 0.6 is 0 Å². The van der Waals surface area contributed by atoms with Crippen molar-refractivity contribution in [2.24, 2.45) is 0 Å². The number of fused-ring (bicyclic) bond motifs is 1. The quantitative estimate of drug-likeness (QED) is 0.194. The minimum atomic E-state index is -1.26. The van der Waals surface area contributed by atoms with Crippen LogP contribution in [-0.4, -0.2) is 36.3 Å². The lowest BCUT2D eigenvalue weighted by Gasteiger charge is -2.18. The highest BCUT2D eigenvalue weighted by atomic mass is 28.3. The molecule has 176 valence electrons. The van der Waals surface area contributed by atoms with E-state index < -0.39 is 13.0 Å². The Bertz CT molecular complexity index is 1280. The molecule has 0 radical (unpaired) electrons. The lowest BCUT2D eigenvalue weighted by atomic mass is 9.89. The number of ether oxygens (including phenoxy) is 2. The highest BCUT2D eigenvalue weighted by Gasteiger charge is 2.25. The van der Waals surface area contributed by atoms with Crippen molar-refractivity contribution in [1.29, 1.82) is 0 Å². The molecule has 33 heavy (non-hydrogen) atoms. The standard InChI is InChI=1S/C24H31N3O5Si/c1-15-8-9-20(31-4)17(3)21(15)22-16(2)19(27(29)30)12-18-23(22)25-13-26(24(18)28)14-32-10-11-33(5,6)7/h8-9,12-13H,10-11,14H2,1-7H3. The maximum Gasteiger partial charge on any atom is 0.273 e. The molecule has 0 aliphatic rings. The number of nitro benzene ring substituents is 1. The topological polar surface area (TPSA) is 96.5 Å². The predicted octanol–water partition coefficient (Wildman–Crippen LogP) is 5.22. The molecule has 3 aromatic rings. The first kappa shape index (κ1) is 24.6. The first-order valence-electron chi connectivity index (χ1n) is 10.9. The molecule has 8 nitrogen and oxygen atoms in total. The summed E-state index contributed by atoms with van der Waals surface area (Å²) in [4.78, 5) is 29.3. The van der Waals surface area contributed by atoms with Gasteiger partial charge in [0.25, 0.3) is 11.2 Å². The third-order valence-electron chi connectivity index (χ3n) is 5.87. The van der Waals surface area contributed by atoms with E-state index in [1.54, 1.807) is 14.0 Å². The zero-order valence-electron chi connectivity index (χ0n) is 20.3. The van der Waals surface area contributed by atoms with E-state index in [0.29, 0.717) is 29.0 Å². The average Bonchev–Trinajstić information content (AvgIpc) is 2.73. The molecule has 0 atom stereocenters. The molecule has 0 saturated heterocycles. The van der Waals surface area contributed by atoms with Crippen LogP contribution in [0.2, 0.25) is 25.7 Å². The molecular weight excluding hydrogens is 438 g/mol. The zero-order valence-corrected chi connectivity index (χ0v) is 21.3. The number of benzene rings is 2. The van der Waals surface area contributed by atoms with E-state index in [1.165, 1.54) is 17.0 Å². The van der Waals surface area contributed by atoms with E-state index in [9.17, 15) is 14.9 Å². The molecule has 0 aliphatic heterocycles. The second-order valence-electron chi connectivity index (χ2n) is 9.50. The zero-order chi connectivity index (χ0) is 24.5. The maximum atomic E-state index is 13.3. The van der Waals surface area contributed by atoms with Gasteiger partial charge in [-0.1, -0.05) is 25.7 Å². The number of aromatic nitrogens is 2. The number of nitrogens with zero attached hydrogens (tertiary/aromatic N) is 3. The van der Waals surface area contributed by atoms with Gasteiger partial charge < -0.3 is 9.47 Å². The number of hydrogen-bond donors (Lipinski definition) is 0. The Morgan fingerprint density at radius 3 is 2.42 bits per heavy atom. The van der Waals surface area contributed by atoms with E-state index in [-0.39, 0.29) is 23.4 Å². The van der Waals surface area contributed by atoms with E-state index in [4.69, 9.17) is 9.47 Å². The molecule has 0 unspecified atom stereocenters.